The molecule has 0 saturated heterocycles. The molecule has 0 amide bonds. The summed E-state index contributed by atoms with van der Waals surface area (Å²) in [6.45, 7) is 2.83. The Kier molecular flexibility index (Phi) is 9.23. The van der Waals surface area contributed by atoms with Crippen LogP contribution in [0.3, 0.4) is 0 Å². The molecule has 4 aromatic carbocycles. The molecule has 7 nitrogen and oxygen atoms in total. The maximum absolute atomic E-state index is 12.3. The minimum atomic E-state index is -0.286. The van der Waals surface area contributed by atoms with E-state index in [2.05, 4.69) is 59.2 Å². The molecule has 0 atom stereocenters. The minimum absolute atomic E-state index is 0.0561. The Hall–Kier alpha value is -4.30. The molecule has 0 unspecified atom stereocenters. The van der Waals surface area contributed by atoms with Crippen molar-refractivity contribution in [2.45, 2.75) is 11.8 Å². The Labute approximate surface area is 252 Å². The summed E-state index contributed by atoms with van der Waals surface area (Å²) < 4.78 is 16.8. The summed E-state index contributed by atoms with van der Waals surface area (Å²) >= 11 is 0. The predicted molar refractivity (Wildman–Crippen MR) is 166 cm³/mol. The molecule has 220 valence electrons. The van der Waals surface area contributed by atoms with Gasteiger partial charge in [-0.15, -0.1) is 0 Å². The molecule has 6 rings (SSSR count). The average Bonchev–Trinajstić information content (AvgIpc) is 3.54. The molecule has 7 heteroatoms. The number of esters is 2. The van der Waals surface area contributed by atoms with E-state index in [4.69, 9.17) is 14.2 Å². The summed E-state index contributed by atoms with van der Waals surface area (Å²) in [7, 11) is 0. The van der Waals surface area contributed by atoms with Crippen molar-refractivity contribution in [2.75, 3.05) is 52.6 Å². The molecular weight excluding hydrogens is 540 g/mol. The summed E-state index contributed by atoms with van der Waals surface area (Å²) in [6.07, 6.45) is 0. The summed E-state index contributed by atoms with van der Waals surface area (Å²) in [6, 6.07) is 33.2. The highest BCUT2D eigenvalue weighted by molar-refractivity contribution is 5.80. The fourth-order valence-corrected chi connectivity index (χ4v) is 6.11. The fraction of sp³-hybridized carbons (Fsp3) is 0.278. The highest BCUT2D eigenvalue weighted by atomic mass is 16.5. The standard InChI is InChI=1S/C36H36N2O5/c39-35(42-23-33-29-13-5-1-9-25(29)26-10-2-6-14-30(26)33)21-37-17-19-41-20-18-38-22-36(40)43-24-34-31-15-7-3-11-27(31)28-12-4-8-16-32(28)34/h1-16,33-34,37-38H,17-24H2. The van der Waals surface area contributed by atoms with Gasteiger partial charge in [0.1, 0.15) is 13.2 Å². The quantitative estimate of drug-likeness (QED) is 0.163. The number of hydrogen-bond acceptors (Lipinski definition) is 7. The van der Waals surface area contributed by atoms with Crippen molar-refractivity contribution in [3.05, 3.63) is 119 Å². The van der Waals surface area contributed by atoms with Crippen LogP contribution < -0.4 is 10.6 Å². The van der Waals surface area contributed by atoms with Crippen molar-refractivity contribution in [2.24, 2.45) is 0 Å². The molecule has 2 N–H and O–H groups in total. The molecule has 0 spiro atoms. The first-order valence-corrected chi connectivity index (χ1v) is 14.9. The van der Waals surface area contributed by atoms with Gasteiger partial charge in [0.15, 0.2) is 0 Å². The van der Waals surface area contributed by atoms with Gasteiger partial charge in [0.25, 0.3) is 0 Å². The molecule has 0 aromatic heterocycles. The number of fused-ring (bicyclic) bond motifs is 6. The summed E-state index contributed by atoms with van der Waals surface area (Å²) in [4.78, 5) is 24.7. The zero-order chi connectivity index (χ0) is 29.4. The third-order valence-electron chi connectivity index (χ3n) is 8.13. The van der Waals surface area contributed by atoms with E-state index in [0.717, 1.165) is 0 Å². The van der Waals surface area contributed by atoms with Crippen molar-refractivity contribution in [3.8, 4) is 22.3 Å². The van der Waals surface area contributed by atoms with Crippen LogP contribution in [0.2, 0.25) is 0 Å². The SMILES string of the molecule is O=C(CNCCOCCNCC(=O)OCC1c2ccccc2-c2ccccc21)OCC1c2ccccc2-c2ccccc21. The van der Waals surface area contributed by atoms with E-state index in [-0.39, 0.29) is 36.9 Å². The van der Waals surface area contributed by atoms with E-state index >= 15 is 0 Å². The van der Waals surface area contributed by atoms with Gasteiger partial charge in [-0.05, 0) is 44.5 Å². The third kappa shape index (κ3) is 6.54. The topological polar surface area (TPSA) is 85.9 Å². The van der Waals surface area contributed by atoms with Gasteiger partial charge in [-0.25, -0.2) is 0 Å². The van der Waals surface area contributed by atoms with Gasteiger partial charge >= 0.3 is 11.9 Å². The zero-order valence-electron chi connectivity index (χ0n) is 24.1. The van der Waals surface area contributed by atoms with Crippen LogP contribution in [0.15, 0.2) is 97.1 Å². The normalized spacial score (nSPS) is 13.2. The lowest BCUT2D eigenvalue weighted by Crippen LogP contribution is -2.31. The van der Waals surface area contributed by atoms with Crippen LogP contribution in [-0.2, 0) is 23.8 Å². The average molecular weight is 577 g/mol. The molecule has 0 aliphatic heterocycles. The Morgan fingerprint density at radius 2 is 0.837 bits per heavy atom. The van der Waals surface area contributed by atoms with Crippen LogP contribution in [0.5, 0.6) is 0 Å². The second-order valence-corrected chi connectivity index (χ2v) is 10.8. The number of hydrogen-bond donors (Lipinski definition) is 2. The lowest BCUT2D eigenvalue weighted by Gasteiger charge is -2.14. The Morgan fingerprint density at radius 3 is 1.19 bits per heavy atom. The van der Waals surface area contributed by atoms with Gasteiger partial charge in [-0.1, -0.05) is 97.1 Å². The number of benzene rings is 4. The van der Waals surface area contributed by atoms with Crippen molar-refractivity contribution >= 4 is 11.9 Å². The first-order chi connectivity index (χ1) is 21.2. The van der Waals surface area contributed by atoms with Crippen molar-refractivity contribution in [1.82, 2.24) is 10.6 Å². The fourth-order valence-electron chi connectivity index (χ4n) is 6.11. The molecule has 2 aliphatic carbocycles. The number of rotatable bonds is 14. The second kappa shape index (κ2) is 13.8. The first kappa shape index (κ1) is 28.8. The van der Waals surface area contributed by atoms with E-state index in [1.807, 2.05) is 48.5 Å². The molecule has 0 saturated carbocycles. The number of nitrogens with one attached hydrogen (secondary N) is 2. The monoisotopic (exact) mass is 576 g/mol. The Morgan fingerprint density at radius 1 is 0.512 bits per heavy atom. The van der Waals surface area contributed by atoms with E-state index in [9.17, 15) is 9.59 Å². The van der Waals surface area contributed by atoms with Crippen LogP contribution in [0.25, 0.3) is 22.3 Å². The smallest absolute Gasteiger partial charge is 0.319 e. The van der Waals surface area contributed by atoms with Crippen molar-refractivity contribution < 1.29 is 23.8 Å². The van der Waals surface area contributed by atoms with Crippen LogP contribution in [0.4, 0.5) is 0 Å². The molecule has 0 radical (unpaired) electrons. The predicted octanol–water partition coefficient (Wildman–Crippen LogP) is 4.89. The van der Waals surface area contributed by atoms with Gasteiger partial charge in [0.05, 0.1) is 26.3 Å². The molecule has 4 aromatic rings. The molecular formula is C36H36N2O5. The Bertz CT molecular complexity index is 1380. The Balaban J connectivity index is 0.818. The largest absolute Gasteiger partial charge is 0.464 e. The summed E-state index contributed by atoms with van der Waals surface area (Å²) in [5.74, 6) is -0.459. The van der Waals surface area contributed by atoms with Crippen LogP contribution >= 0.6 is 0 Å². The maximum atomic E-state index is 12.3. The van der Waals surface area contributed by atoms with Gasteiger partial charge in [-0.2, -0.15) is 0 Å². The van der Waals surface area contributed by atoms with Gasteiger partial charge < -0.3 is 24.8 Å². The number of ether oxygens (including phenoxy) is 3. The summed E-state index contributed by atoms with van der Waals surface area (Å²) in [5.41, 5.74) is 9.64. The zero-order valence-corrected chi connectivity index (χ0v) is 24.1. The highest BCUT2D eigenvalue weighted by Crippen LogP contribution is 2.45. The summed E-state index contributed by atoms with van der Waals surface area (Å²) in [5, 5.41) is 6.14. The first-order valence-electron chi connectivity index (χ1n) is 14.9. The highest BCUT2D eigenvalue weighted by Gasteiger charge is 2.30. The van der Waals surface area contributed by atoms with Crippen molar-refractivity contribution in [3.63, 3.8) is 0 Å². The van der Waals surface area contributed by atoms with E-state index in [1.165, 1.54) is 44.5 Å². The molecule has 43 heavy (non-hydrogen) atoms. The molecule has 0 heterocycles. The van der Waals surface area contributed by atoms with E-state index < -0.39 is 0 Å². The number of carbonyl (C=O) groups is 2. The van der Waals surface area contributed by atoms with Crippen LogP contribution in [0.1, 0.15) is 34.1 Å². The van der Waals surface area contributed by atoms with Crippen LogP contribution in [0, 0.1) is 0 Å². The lowest BCUT2D eigenvalue weighted by atomic mass is 9.98. The van der Waals surface area contributed by atoms with E-state index in [1.54, 1.807) is 0 Å². The second-order valence-electron chi connectivity index (χ2n) is 10.8. The third-order valence-corrected chi connectivity index (χ3v) is 8.13. The maximum Gasteiger partial charge on any atom is 0.319 e. The van der Waals surface area contributed by atoms with Gasteiger partial charge in [0, 0.05) is 24.9 Å². The van der Waals surface area contributed by atoms with E-state index in [0.29, 0.717) is 39.5 Å². The molecule has 0 fully saturated rings. The molecule has 2 aliphatic rings. The van der Waals surface area contributed by atoms with Crippen molar-refractivity contribution in [1.29, 1.82) is 0 Å². The van der Waals surface area contributed by atoms with Gasteiger partial charge in [0.2, 0.25) is 0 Å². The minimum Gasteiger partial charge on any atom is -0.464 e. The van der Waals surface area contributed by atoms with Gasteiger partial charge in [-0.3, -0.25) is 9.59 Å². The van der Waals surface area contributed by atoms with Crippen LogP contribution in [-0.4, -0.2) is 64.5 Å². The number of carbonyl (C=O) groups excluding carboxylic acids is 2. The molecule has 0 bridgehead atoms. The lowest BCUT2D eigenvalue weighted by molar-refractivity contribution is -0.143.